The van der Waals surface area contributed by atoms with Gasteiger partial charge in [0, 0.05) is 21.2 Å². The number of methoxy groups -OCH3 is 1. The standard InChI is InChI=1S/C37H34N4O5S3/c1-4-28(33(42)40-35-31(36(44)46-3)22(2)32(49-35)34(43)38-23-13-6-5-7-14-23)47-25-16-12-15-24(21-25)39-37(45)41-26-17-8-10-19-29(26)48-30-20-11-9-18-27(30)41/h5-21,26,28-29H,4H2,1-3H3,(H,38,43)(H,39,45)(H,40,42). The smallest absolute Gasteiger partial charge is 0.341 e. The summed E-state index contributed by atoms with van der Waals surface area (Å²) in [6, 6.07) is 23.9. The zero-order valence-electron chi connectivity index (χ0n) is 27.0. The summed E-state index contributed by atoms with van der Waals surface area (Å²) in [5.41, 5.74) is 2.63. The molecule has 49 heavy (non-hydrogen) atoms. The molecule has 3 aromatic carbocycles. The molecule has 12 heteroatoms. The Bertz CT molecular complexity index is 1960. The summed E-state index contributed by atoms with van der Waals surface area (Å²) in [6.45, 7) is 3.56. The number of nitrogens with zero attached hydrogens (tertiary/aromatic N) is 1. The van der Waals surface area contributed by atoms with Crippen LogP contribution >= 0.6 is 34.9 Å². The molecule has 250 valence electrons. The molecular formula is C37H34N4O5S3. The lowest BCUT2D eigenvalue weighted by Crippen LogP contribution is -2.49. The highest BCUT2D eigenvalue weighted by atomic mass is 32.2. The predicted octanol–water partition coefficient (Wildman–Crippen LogP) is 8.61. The van der Waals surface area contributed by atoms with Gasteiger partial charge in [0.05, 0.1) is 39.8 Å². The number of carbonyl (C=O) groups excluding carboxylic acids is 4. The first-order valence-corrected chi connectivity index (χ1v) is 18.2. The third-order valence-corrected chi connectivity index (χ3v) is 11.9. The molecule has 0 saturated heterocycles. The quantitative estimate of drug-likeness (QED) is 0.118. The minimum absolute atomic E-state index is 0.109. The fourth-order valence-electron chi connectivity index (χ4n) is 5.61. The van der Waals surface area contributed by atoms with Gasteiger partial charge in [-0.1, -0.05) is 67.6 Å². The lowest BCUT2D eigenvalue weighted by molar-refractivity contribution is -0.115. The van der Waals surface area contributed by atoms with Crippen molar-refractivity contribution in [2.24, 2.45) is 0 Å². The Balaban J connectivity index is 1.17. The molecule has 0 bridgehead atoms. The van der Waals surface area contributed by atoms with E-state index in [0.29, 0.717) is 28.2 Å². The van der Waals surface area contributed by atoms with Crippen LogP contribution in [0.1, 0.15) is 38.9 Å². The Kier molecular flexibility index (Phi) is 10.6. The average Bonchev–Trinajstić information content (AvgIpc) is 3.44. The summed E-state index contributed by atoms with van der Waals surface area (Å²) in [5.74, 6) is -1.36. The van der Waals surface area contributed by atoms with E-state index in [0.717, 1.165) is 26.8 Å². The van der Waals surface area contributed by atoms with E-state index in [1.165, 1.54) is 18.9 Å². The zero-order valence-corrected chi connectivity index (χ0v) is 29.4. The number of esters is 1. The van der Waals surface area contributed by atoms with E-state index >= 15 is 0 Å². The summed E-state index contributed by atoms with van der Waals surface area (Å²) in [5, 5.41) is 8.62. The Labute approximate surface area is 297 Å². The van der Waals surface area contributed by atoms with Crippen molar-refractivity contribution < 1.29 is 23.9 Å². The molecule has 3 N–H and O–H groups in total. The molecule has 0 saturated carbocycles. The van der Waals surface area contributed by atoms with E-state index in [1.54, 1.807) is 35.7 Å². The lowest BCUT2D eigenvalue weighted by atomic mass is 10.1. The van der Waals surface area contributed by atoms with Crippen molar-refractivity contribution in [3.05, 3.63) is 119 Å². The molecule has 3 atom stereocenters. The van der Waals surface area contributed by atoms with Gasteiger partial charge in [-0.3, -0.25) is 14.5 Å². The van der Waals surface area contributed by atoms with Crippen LogP contribution in [0.5, 0.6) is 0 Å². The first-order chi connectivity index (χ1) is 23.8. The molecule has 0 radical (unpaired) electrons. The molecule has 0 spiro atoms. The molecule has 6 rings (SSSR count). The van der Waals surface area contributed by atoms with Crippen LogP contribution in [0.15, 0.2) is 113 Å². The molecule has 1 aromatic heterocycles. The number of hydrogen-bond acceptors (Lipinski definition) is 8. The van der Waals surface area contributed by atoms with Gasteiger partial charge in [0.1, 0.15) is 5.00 Å². The number of allylic oxidation sites excluding steroid dienone is 2. The van der Waals surface area contributed by atoms with Crippen LogP contribution in [0.4, 0.5) is 26.9 Å². The highest BCUT2D eigenvalue weighted by Gasteiger charge is 2.37. The van der Waals surface area contributed by atoms with Gasteiger partial charge in [-0.2, -0.15) is 0 Å². The number of nitrogens with one attached hydrogen (secondary N) is 3. The van der Waals surface area contributed by atoms with Gasteiger partial charge in [0.25, 0.3) is 5.91 Å². The van der Waals surface area contributed by atoms with Crippen molar-refractivity contribution in [2.45, 2.75) is 46.6 Å². The number of benzene rings is 3. The van der Waals surface area contributed by atoms with E-state index in [-0.39, 0.29) is 33.8 Å². The van der Waals surface area contributed by atoms with Crippen LogP contribution < -0.4 is 20.9 Å². The van der Waals surface area contributed by atoms with Crippen molar-refractivity contribution in [1.82, 2.24) is 0 Å². The molecular weight excluding hydrogens is 677 g/mol. The highest BCUT2D eigenvalue weighted by Crippen LogP contribution is 2.44. The van der Waals surface area contributed by atoms with E-state index in [9.17, 15) is 19.2 Å². The van der Waals surface area contributed by atoms with Gasteiger partial charge in [-0.15, -0.1) is 34.9 Å². The summed E-state index contributed by atoms with van der Waals surface area (Å²) in [4.78, 5) is 57.3. The Morgan fingerprint density at radius 2 is 1.63 bits per heavy atom. The fraction of sp³-hybridized carbons (Fsp3) is 0.189. The van der Waals surface area contributed by atoms with Crippen LogP contribution in [-0.2, 0) is 9.53 Å². The molecule has 3 unspecified atom stereocenters. The van der Waals surface area contributed by atoms with Crippen molar-refractivity contribution in [3.8, 4) is 0 Å². The largest absolute Gasteiger partial charge is 0.465 e. The highest BCUT2D eigenvalue weighted by molar-refractivity contribution is 8.00. The predicted molar refractivity (Wildman–Crippen MR) is 199 cm³/mol. The Morgan fingerprint density at radius 1 is 0.898 bits per heavy atom. The van der Waals surface area contributed by atoms with Crippen LogP contribution in [0.3, 0.4) is 0 Å². The third-order valence-electron chi connectivity index (χ3n) is 8.00. The van der Waals surface area contributed by atoms with Gasteiger partial charge in [-0.05, 0) is 61.4 Å². The molecule has 0 fully saturated rings. The second kappa shape index (κ2) is 15.2. The van der Waals surface area contributed by atoms with Gasteiger partial charge < -0.3 is 20.7 Å². The maximum Gasteiger partial charge on any atom is 0.341 e. The van der Waals surface area contributed by atoms with E-state index in [4.69, 9.17) is 4.74 Å². The number of anilines is 4. The second-order valence-corrected chi connectivity index (χ2v) is 14.7. The Morgan fingerprint density at radius 3 is 2.41 bits per heavy atom. The molecule has 1 aliphatic carbocycles. The first-order valence-electron chi connectivity index (χ1n) is 15.6. The molecule has 2 aliphatic rings. The minimum atomic E-state index is -0.645. The van der Waals surface area contributed by atoms with Crippen molar-refractivity contribution in [2.75, 3.05) is 28.0 Å². The van der Waals surface area contributed by atoms with Crippen LogP contribution in [0, 0.1) is 6.92 Å². The number of para-hydroxylation sites is 2. The number of rotatable bonds is 9. The van der Waals surface area contributed by atoms with Crippen molar-refractivity contribution >= 4 is 80.7 Å². The normalized spacial score (nSPS) is 16.6. The van der Waals surface area contributed by atoms with Crippen molar-refractivity contribution in [3.63, 3.8) is 0 Å². The number of fused-ring (bicyclic) bond motifs is 2. The summed E-state index contributed by atoms with van der Waals surface area (Å²) in [7, 11) is 1.26. The topological polar surface area (TPSA) is 117 Å². The third kappa shape index (κ3) is 7.46. The second-order valence-electron chi connectivity index (χ2n) is 11.2. The fourth-order valence-corrected chi connectivity index (χ4v) is 8.97. The zero-order chi connectivity index (χ0) is 34.5. The SMILES string of the molecule is CCC(Sc1cccc(NC(=O)N2c3ccccc3SC3C=CC=CC32)c1)C(=O)Nc1sc(C(=O)Nc2ccccc2)c(C)c1C(=O)OC. The molecule has 4 amide bonds. The average molecular weight is 711 g/mol. The van der Waals surface area contributed by atoms with Crippen molar-refractivity contribution in [1.29, 1.82) is 0 Å². The summed E-state index contributed by atoms with van der Waals surface area (Å²) in [6.07, 6.45) is 8.62. The summed E-state index contributed by atoms with van der Waals surface area (Å²) < 4.78 is 5.00. The molecule has 9 nitrogen and oxygen atoms in total. The number of thioether (sulfide) groups is 2. The van der Waals surface area contributed by atoms with Gasteiger partial charge >= 0.3 is 12.0 Å². The number of hydrogen-bond donors (Lipinski definition) is 3. The van der Waals surface area contributed by atoms with Crippen LogP contribution in [-0.4, -0.2) is 47.5 Å². The maximum atomic E-state index is 13.8. The lowest BCUT2D eigenvalue weighted by Gasteiger charge is -2.40. The Hall–Kier alpha value is -4.78. The van der Waals surface area contributed by atoms with Gasteiger partial charge in [0.15, 0.2) is 0 Å². The van der Waals surface area contributed by atoms with Crippen LogP contribution in [0.25, 0.3) is 0 Å². The molecule has 4 aromatic rings. The van der Waals surface area contributed by atoms with E-state index in [2.05, 4.69) is 22.0 Å². The van der Waals surface area contributed by atoms with E-state index < -0.39 is 17.1 Å². The number of carbonyl (C=O) groups is 4. The number of urea groups is 1. The number of amides is 4. The monoisotopic (exact) mass is 710 g/mol. The van der Waals surface area contributed by atoms with E-state index in [1.807, 2.05) is 91.9 Å². The number of thiophene rings is 1. The maximum absolute atomic E-state index is 13.8. The minimum Gasteiger partial charge on any atom is -0.465 e. The number of ether oxygens (including phenoxy) is 1. The van der Waals surface area contributed by atoms with Gasteiger partial charge in [-0.25, -0.2) is 9.59 Å². The first kappa shape index (κ1) is 34.1. The van der Waals surface area contributed by atoms with Gasteiger partial charge in [0.2, 0.25) is 5.91 Å². The molecule has 2 heterocycles. The van der Waals surface area contributed by atoms with Crippen LogP contribution in [0.2, 0.25) is 0 Å². The molecule has 1 aliphatic heterocycles. The summed E-state index contributed by atoms with van der Waals surface area (Å²) >= 11 is 4.12.